The summed E-state index contributed by atoms with van der Waals surface area (Å²) in [6.45, 7) is 0. The van der Waals surface area contributed by atoms with Crippen molar-refractivity contribution < 1.29 is 9.21 Å². The SMILES string of the molecule is Cn1ccc(C(=O)Nc2nnc(-c3cccc(Cl)c3)o2)n1. The second-order valence-electron chi connectivity index (χ2n) is 4.25. The van der Waals surface area contributed by atoms with E-state index in [1.807, 2.05) is 0 Å². The molecular formula is C13H10ClN5O2. The average molecular weight is 304 g/mol. The van der Waals surface area contributed by atoms with Gasteiger partial charge < -0.3 is 4.42 Å². The minimum absolute atomic E-state index is 0.000582. The summed E-state index contributed by atoms with van der Waals surface area (Å²) in [6, 6.07) is 8.58. The Hall–Kier alpha value is -2.67. The van der Waals surface area contributed by atoms with E-state index in [2.05, 4.69) is 20.6 Å². The molecule has 1 aromatic carbocycles. The third-order valence-electron chi connectivity index (χ3n) is 2.66. The molecule has 0 atom stereocenters. The molecule has 0 fully saturated rings. The number of carbonyl (C=O) groups excluding carboxylic acids is 1. The predicted molar refractivity (Wildman–Crippen MR) is 75.9 cm³/mol. The quantitative estimate of drug-likeness (QED) is 0.803. The summed E-state index contributed by atoms with van der Waals surface area (Å²) in [5.41, 5.74) is 0.938. The lowest BCUT2D eigenvalue weighted by atomic mass is 10.2. The Balaban J connectivity index is 1.78. The highest BCUT2D eigenvalue weighted by atomic mass is 35.5. The second kappa shape index (κ2) is 5.37. The van der Waals surface area contributed by atoms with E-state index in [0.29, 0.717) is 10.6 Å². The maximum Gasteiger partial charge on any atom is 0.322 e. The van der Waals surface area contributed by atoms with Crippen LogP contribution >= 0.6 is 11.6 Å². The third-order valence-corrected chi connectivity index (χ3v) is 2.90. The molecule has 0 aliphatic rings. The van der Waals surface area contributed by atoms with Gasteiger partial charge in [0.05, 0.1) is 0 Å². The zero-order valence-electron chi connectivity index (χ0n) is 10.9. The van der Waals surface area contributed by atoms with Gasteiger partial charge >= 0.3 is 6.01 Å². The minimum Gasteiger partial charge on any atom is -0.403 e. The number of nitrogens with zero attached hydrogens (tertiary/aromatic N) is 4. The molecule has 0 unspecified atom stereocenters. The molecule has 0 aliphatic carbocycles. The Bertz CT molecular complexity index is 795. The van der Waals surface area contributed by atoms with E-state index in [4.69, 9.17) is 16.0 Å². The van der Waals surface area contributed by atoms with E-state index in [1.165, 1.54) is 4.68 Å². The van der Waals surface area contributed by atoms with Gasteiger partial charge in [0.1, 0.15) is 0 Å². The number of hydrogen-bond donors (Lipinski definition) is 1. The van der Waals surface area contributed by atoms with Crippen LogP contribution in [0.15, 0.2) is 40.9 Å². The Morgan fingerprint density at radius 2 is 2.19 bits per heavy atom. The van der Waals surface area contributed by atoms with Crippen molar-refractivity contribution in [3.63, 3.8) is 0 Å². The first-order valence-electron chi connectivity index (χ1n) is 6.02. The molecule has 0 spiro atoms. The highest BCUT2D eigenvalue weighted by Crippen LogP contribution is 2.22. The lowest BCUT2D eigenvalue weighted by molar-refractivity contribution is 0.101. The highest BCUT2D eigenvalue weighted by molar-refractivity contribution is 6.30. The van der Waals surface area contributed by atoms with Gasteiger partial charge in [0.15, 0.2) is 5.69 Å². The topological polar surface area (TPSA) is 85.8 Å². The van der Waals surface area contributed by atoms with Crippen LogP contribution in [0.25, 0.3) is 11.5 Å². The van der Waals surface area contributed by atoms with Crippen LogP contribution in [0, 0.1) is 0 Å². The van der Waals surface area contributed by atoms with Crippen molar-refractivity contribution in [1.82, 2.24) is 20.0 Å². The van der Waals surface area contributed by atoms with Crippen LogP contribution < -0.4 is 5.32 Å². The Labute approximate surface area is 124 Å². The number of halogens is 1. The summed E-state index contributed by atoms with van der Waals surface area (Å²) in [6.07, 6.45) is 1.67. The zero-order valence-corrected chi connectivity index (χ0v) is 11.7. The molecule has 0 bridgehead atoms. The molecular weight excluding hydrogens is 294 g/mol. The van der Waals surface area contributed by atoms with Gasteiger partial charge in [-0.2, -0.15) is 5.10 Å². The van der Waals surface area contributed by atoms with Crippen LogP contribution in [-0.4, -0.2) is 25.9 Å². The number of anilines is 1. The Kier molecular flexibility index (Phi) is 3.41. The molecule has 3 aromatic rings. The smallest absolute Gasteiger partial charge is 0.322 e. The summed E-state index contributed by atoms with van der Waals surface area (Å²) >= 11 is 5.90. The second-order valence-corrected chi connectivity index (χ2v) is 4.69. The molecule has 2 aromatic heterocycles. The van der Waals surface area contributed by atoms with Crippen molar-refractivity contribution in [2.45, 2.75) is 0 Å². The zero-order chi connectivity index (χ0) is 14.8. The third kappa shape index (κ3) is 2.92. The van der Waals surface area contributed by atoms with Crippen LogP contribution in [-0.2, 0) is 7.05 Å². The van der Waals surface area contributed by atoms with Crippen molar-refractivity contribution in [3.05, 3.63) is 47.2 Å². The number of aromatic nitrogens is 4. The number of carbonyl (C=O) groups is 1. The van der Waals surface area contributed by atoms with Gasteiger partial charge in [0.25, 0.3) is 5.91 Å². The lowest BCUT2D eigenvalue weighted by Crippen LogP contribution is -2.13. The van der Waals surface area contributed by atoms with Crippen molar-refractivity contribution >= 4 is 23.5 Å². The van der Waals surface area contributed by atoms with Gasteiger partial charge in [0, 0.05) is 23.8 Å². The summed E-state index contributed by atoms with van der Waals surface area (Å²) in [5.74, 6) is -0.147. The van der Waals surface area contributed by atoms with E-state index in [-0.39, 0.29) is 17.6 Å². The monoisotopic (exact) mass is 303 g/mol. The van der Waals surface area contributed by atoms with E-state index in [0.717, 1.165) is 0 Å². The highest BCUT2D eigenvalue weighted by Gasteiger charge is 2.14. The molecule has 7 nitrogen and oxygen atoms in total. The first kappa shape index (κ1) is 13.3. The van der Waals surface area contributed by atoms with Crippen LogP contribution in [0.3, 0.4) is 0 Å². The van der Waals surface area contributed by atoms with Crippen molar-refractivity contribution in [2.75, 3.05) is 5.32 Å². The first-order chi connectivity index (χ1) is 10.1. The summed E-state index contributed by atoms with van der Waals surface area (Å²) in [5, 5.41) is 14.7. The maximum absolute atomic E-state index is 11.9. The standard InChI is InChI=1S/C13H10ClN5O2/c1-19-6-5-10(18-19)11(20)15-13-17-16-12(21-13)8-3-2-4-9(14)7-8/h2-7H,1H3,(H,15,17,20). The van der Waals surface area contributed by atoms with Gasteiger partial charge in [-0.1, -0.05) is 22.8 Å². The molecule has 0 saturated carbocycles. The molecule has 2 heterocycles. The lowest BCUT2D eigenvalue weighted by Gasteiger charge is -1.97. The van der Waals surface area contributed by atoms with Gasteiger partial charge in [0.2, 0.25) is 5.89 Å². The van der Waals surface area contributed by atoms with Crippen LogP contribution in [0.4, 0.5) is 6.01 Å². The van der Waals surface area contributed by atoms with Gasteiger partial charge in [-0.15, -0.1) is 5.10 Å². The molecule has 0 aliphatic heterocycles. The molecule has 0 saturated heterocycles. The van der Waals surface area contributed by atoms with E-state index in [9.17, 15) is 4.79 Å². The predicted octanol–water partition coefficient (Wildman–Crippen LogP) is 2.38. The first-order valence-corrected chi connectivity index (χ1v) is 6.40. The fourth-order valence-electron chi connectivity index (χ4n) is 1.71. The number of amides is 1. The van der Waals surface area contributed by atoms with Crippen molar-refractivity contribution in [1.29, 1.82) is 0 Å². The van der Waals surface area contributed by atoms with Gasteiger partial charge in [-0.3, -0.25) is 14.8 Å². The summed E-state index contributed by atoms with van der Waals surface area (Å²) in [7, 11) is 1.72. The normalized spacial score (nSPS) is 10.6. The molecule has 0 radical (unpaired) electrons. The molecule has 21 heavy (non-hydrogen) atoms. The van der Waals surface area contributed by atoms with Gasteiger partial charge in [-0.25, -0.2) is 0 Å². The maximum atomic E-state index is 11.9. The summed E-state index contributed by atoms with van der Waals surface area (Å²) in [4.78, 5) is 11.9. The van der Waals surface area contributed by atoms with Crippen molar-refractivity contribution in [3.8, 4) is 11.5 Å². The van der Waals surface area contributed by atoms with E-state index >= 15 is 0 Å². The number of nitrogens with one attached hydrogen (secondary N) is 1. The average Bonchev–Trinajstić information content (AvgIpc) is 3.08. The largest absolute Gasteiger partial charge is 0.403 e. The summed E-state index contributed by atoms with van der Waals surface area (Å²) < 4.78 is 6.90. The number of aryl methyl sites for hydroxylation is 1. The van der Waals surface area contributed by atoms with E-state index in [1.54, 1.807) is 43.6 Å². The fourth-order valence-corrected chi connectivity index (χ4v) is 1.90. The Morgan fingerprint density at radius 3 is 2.90 bits per heavy atom. The Morgan fingerprint density at radius 1 is 1.33 bits per heavy atom. The molecule has 3 rings (SSSR count). The number of benzene rings is 1. The van der Waals surface area contributed by atoms with Crippen LogP contribution in [0.1, 0.15) is 10.5 Å². The molecule has 1 N–H and O–H groups in total. The fraction of sp³-hybridized carbons (Fsp3) is 0.0769. The van der Waals surface area contributed by atoms with Crippen LogP contribution in [0.5, 0.6) is 0 Å². The van der Waals surface area contributed by atoms with Crippen molar-refractivity contribution in [2.24, 2.45) is 7.05 Å². The number of rotatable bonds is 3. The number of hydrogen-bond acceptors (Lipinski definition) is 5. The molecule has 106 valence electrons. The molecule has 1 amide bonds. The van der Waals surface area contributed by atoms with E-state index < -0.39 is 5.91 Å². The van der Waals surface area contributed by atoms with Gasteiger partial charge in [-0.05, 0) is 24.3 Å². The molecule has 8 heteroatoms. The van der Waals surface area contributed by atoms with Crippen LogP contribution in [0.2, 0.25) is 5.02 Å². The minimum atomic E-state index is -0.420.